The average Bonchev–Trinajstić information content (AvgIpc) is 2.99. The molecule has 2 N–H and O–H groups in total. The van der Waals surface area contributed by atoms with Crippen LogP contribution in [0.3, 0.4) is 0 Å². The van der Waals surface area contributed by atoms with E-state index >= 15 is 0 Å². The third-order valence-electron chi connectivity index (χ3n) is 3.74. The van der Waals surface area contributed by atoms with Crippen molar-refractivity contribution in [2.24, 2.45) is 5.92 Å². The summed E-state index contributed by atoms with van der Waals surface area (Å²) >= 11 is 7.02. The van der Waals surface area contributed by atoms with Crippen LogP contribution in [-0.2, 0) is 0 Å². The molecule has 1 saturated heterocycles. The Bertz CT molecular complexity index is 740. The summed E-state index contributed by atoms with van der Waals surface area (Å²) in [6.07, 6.45) is 2.36. The maximum atomic E-state index is 13.1. The average molecular weight is 370 g/mol. The lowest BCUT2D eigenvalue weighted by Gasteiger charge is -2.29. The minimum Gasteiger partial charge on any atom is -0.346 e. The first-order chi connectivity index (χ1) is 11.5. The number of nitrogens with zero attached hydrogens (tertiary/aromatic N) is 3. The Morgan fingerprint density at radius 2 is 2.25 bits per heavy atom. The molecule has 1 atom stereocenters. The molecular weight excluding hydrogens is 353 g/mol. The van der Waals surface area contributed by atoms with Gasteiger partial charge in [-0.15, -0.1) is 10.2 Å². The molecule has 9 heteroatoms. The van der Waals surface area contributed by atoms with Gasteiger partial charge in [0, 0.05) is 18.8 Å². The van der Waals surface area contributed by atoms with Crippen molar-refractivity contribution in [1.82, 2.24) is 10.2 Å². The van der Waals surface area contributed by atoms with Gasteiger partial charge in [0.15, 0.2) is 0 Å². The van der Waals surface area contributed by atoms with E-state index in [-0.39, 0.29) is 5.02 Å². The van der Waals surface area contributed by atoms with Gasteiger partial charge in [0.1, 0.15) is 5.82 Å². The second-order valence-electron chi connectivity index (χ2n) is 5.79. The highest BCUT2D eigenvalue weighted by atomic mass is 35.5. The molecule has 1 fully saturated rings. The Labute approximate surface area is 148 Å². The van der Waals surface area contributed by atoms with E-state index in [1.165, 1.54) is 36.0 Å². The minimum absolute atomic E-state index is 0.0507. The molecule has 1 aliphatic rings. The fourth-order valence-electron chi connectivity index (χ4n) is 2.59. The molecule has 1 aliphatic heterocycles. The Morgan fingerprint density at radius 3 is 3.00 bits per heavy atom. The third kappa shape index (κ3) is 4.12. The standard InChI is InChI=1S/C15H17ClFN5OS/c1-9-3-2-6-22(8-9)15-21-20-14(24-15)19-13(23)18-10-4-5-12(17)11(16)7-10/h4-5,7,9H,2-3,6,8H2,1H3,(H2,18,19,20,23)/t9-/m1/s1. The Hall–Kier alpha value is -1.93. The lowest BCUT2D eigenvalue weighted by molar-refractivity contribution is 0.262. The second-order valence-corrected chi connectivity index (χ2v) is 7.15. The highest BCUT2D eigenvalue weighted by molar-refractivity contribution is 7.19. The van der Waals surface area contributed by atoms with Crippen molar-refractivity contribution in [1.29, 1.82) is 0 Å². The molecule has 1 aromatic heterocycles. The van der Waals surface area contributed by atoms with E-state index in [0.717, 1.165) is 24.6 Å². The Balaban J connectivity index is 1.59. The fraction of sp³-hybridized carbons (Fsp3) is 0.400. The maximum absolute atomic E-state index is 13.1. The predicted octanol–water partition coefficient (Wildman–Crippen LogP) is 4.21. The van der Waals surface area contributed by atoms with Crippen molar-refractivity contribution in [2.75, 3.05) is 28.6 Å². The molecule has 0 radical (unpaired) electrons. The largest absolute Gasteiger partial charge is 0.346 e. The molecule has 0 bridgehead atoms. The number of anilines is 3. The van der Waals surface area contributed by atoms with E-state index in [0.29, 0.717) is 16.7 Å². The van der Waals surface area contributed by atoms with Crippen molar-refractivity contribution in [3.63, 3.8) is 0 Å². The van der Waals surface area contributed by atoms with E-state index in [1.54, 1.807) is 0 Å². The van der Waals surface area contributed by atoms with E-state index in [2.05, 4.69) is 32.7 Å². The highest BCUT2D eigenvalue weighted by Crippen LogP contribution is 2.28. The molecule has 0 aliphatic carbocycles. The number of benzene rings is 1. The van der Waals surface area contributed by atoms with Crippen LogP contribution in [0.25, 0.3) is 0 Å². The van der Waals surface area contributed by atoms with Gasteiger partial charge in [0.05, 0.1) is 5.02 Å². The van der Waals surface area contributed by atoms with Crippen molar-refractivity contribution >= 4 is 44.9 Å². The number of hydrogen-bond acceptors (Lipinski definition) is 5. The van der Waals surface area contributed by atoms with Gasteiger partial charge in [-0.3, -0.25) is 5.32 Å². The molecule has 128 valence electrons. The van der Waals surface area contributed by atoms with Gasteiger partial charge in [-0.2, -0.15) is 0 Å². The van der Waals surface area contributed by atoms with Crippen LogP contribution in [0.5, 0.6) is 0 Å². The highest BCUT2D eigenvalue weighted by Gasteiger charge is 2.20. The van der Waals surface area contributed by atoms with Gasteiger partial charge in [-0.05, 0) is 37.0 Å². The Kier molecular flexibility index (Phi) is 5.15. The number of amides is 2. The summed E-state index contributed by atoms with van der Waals surface area (Å²) in [5.74, 6) is 0.0951. The summed E-state index contributed by atoms with van der Waals surface area (Å²) in [4.78, 5) is 14.2. The topological polar surface area (TPSA) is 70.2 Å². The zero-order chi connectivity index (χ0) is 17.1. The van der Waals surface area contributed by atoms with Crippen LogP contribution < -0.4 is 15.5 Å². The SMILES string of the molecule is C[C@@H]1CCCN(c2nnc(NC(=O)Nc3ccc(F)c(Cl)c3)s2)C1. The molecule has 2 heterocycles. The van der Waals surface area contributed by atoms with Gasteiger partial charge in [-0.1, -0.05) is 29.9 Å². The smallest absolute Gasteiger partial charge is 0.325 e. The summed E-state index contributed by atoms with van der Waals surface area (Å²) < 4.78 is 13.1. The molecule has 0 spiro atoms. The van der Waals surface area contributed by atoms with Crippen LogP contribution in [0.4, 0.5) is 25.1 Å². The van der Waals surface area contributed by atoms with E-state index in [1.807, 2.05) is 0 Å². The summed E-state index contributed by atoms with van der Waals surface area (Å²) in [6.45, 7) is 4.13. The number of nitrogens with one attached hydrogen (secondary N) is 2. The van der Waals surface area contributed by atoms with Crippen molar-refractivity contribution < 1.29 is 9.18 Å². The lowest BCUT2D eigenvalue weighted by Crippen LogP contribution is -2.34. The van der Waals surface area contributed by atoms with Gasteiger partial charge >= 0.3 is 6.03 Å². The second kappa shape index (κ2) is 7.31. The third-order valence-corrected chi connectivity index (χ3v) is 4.93. The van der Waals surface area contributed by atoms with Crippen LogP contribution in [0.2, 0.25) is 5.02 Å². The monoisotopic (exact) mass is 369 g/mol. The first-order valence-corrected chi connectivity index (χ1v) is 8.82. The summed E-state index contributed by atoms with van der Waals surface area (Å²) in [7, 11) is 0. The number of rotatable bonds is 3. The van der Waals surface area contributed by atoms with Gasteiger partial charge in [0.25, 0.3) is 0 Å². The van der Waals surface area contributed by atoms with Gasteiger partial charge in [-0.25, -0.2) is 9.18 Å². The number of hydrogen-bond donors (Lipinski definition) is 2. The number of carbonyl (C=O) groups excluding carboxylic acids is 1. The number of carbonyl (C=O) groups is 1. The summed E-state index contributed by atoms with van der Waals surface area (Å²) in [6, 6.07) is 3.49. The van der Waals surface area contributed by atoms with Crippen LogP contribution in [0.1, 0.15) is 19.8 Å². The molecule has 6 nitrogen and oxygen atoms in total. The fourth-order valence-corrected chi connectivity index (χ4v) is 3.55. The molecule has 0 saturated carbocycles. The molecule has 1 aromatic carbocycles. The lowest BCUT2D eigenvalue weighted by atomic mass is 10.0. The first-order valence-electron chi connectivity index (χ1n) is 7.63. The van der Waals surface area contributed by atoms with Crippen molar-refractivity contribution in [2.45, 2.75) is 19.8 Å². The number of piperidine rings is 1. The van der Waals surface area contributed by atoms with Crippen LogP contribution in [0.15, 0.2) is 18.2 Å². The molecule has 0 unspecified atom stereocenters. The summed E-state index contributed by atoms with van der Waals surface area (Å²) in [5, 5.41) is 14.5. The molecular formula is C15H17ClFN5OS. The van der Waals surface area contributed by atoms with Crippen molar-refractivity contribution in [3.8, 4) is 0 Å². The van der Waals surface area contributed by atoms with E-state index in [9.17, 15) is 9.18 Å². The molecule has 2 amide bonds. The van der Waals surface area contributed by atoms with Crippen LogP contribution in [0, 0.1) is 11.7 Å². The zero-order valence-electron chi connectivity index (χ0n) is 13.1. The number of halogens is 2. The predicted molar refractivity (Wildman–Crippen MR) is 94.6 cm³/mol. The van der Waals surface area contributed by atoms with Crippen LogP contribution in [-0.4, -0.2) is 29.3 Å². The number of urea groups is 1. The Morgan fingerprint density at radius 1 is 1.42 bits per heavy atom. The van der Waals surface area contributed by atoms with E-state index < -0.39 is 11.8 Å². The van der Waals surface area contributed by atoms with Gasteiger partial charge in [0.2, 0.25) is 10.3 Å². The number of aromatic nitrogens is 2. The van der Waals surface area contributed by atoms with Crippen LogP contribution >= 0.6 is 22.9 Å². The van der Waals surface area contributed by atoms with E-state index in [4.69, 9.17) is 11.6 Å². The normalized spacial score (nSPS) is 17.6. The molecule has 24 heavy (non-hydrogen) atoms. The quantitative estimate of drug-likeness (QED) is 0.850. The minimum atomic E-state index is -0.535. The first kappa shape index (κ1) is 16.9. The molecule has 2 aromatic rings. The maximum Gasteiger partial charge on any atom is 0.325 e. The van der Waals surface area contributed by atoms with Gasteiger partial charge < -0.3 is 10.2 Å². The zero-order valence-corrected chi connectivity index (χ0v) is 14.6. The van der Waals surface area contributed by atoms with Crippen molar-refractivity contribution in [3.05, 3.63) is 29.0 Å². The summed E-state index contributed by atoms with van der Waals surface area (Å²) in [5.41, 5.74) is 0.397. The molecule has 3 rings (SSSR count).